The molecule has 3 rings (SSSR count). The van der Waals surface area contributed by atoms with Crippen LogP contribution in [0.1, 0.15) is 27.3 Å². The number of halogens is 1. The smallest absolute Gasteiger partial charge is 0.255 e. The lowest BCUT2D eigenvalue weighted by atomic mass is 10.1. The summed E-state index contributed by atoms with van der Waals surface area (Å²) in [7, 11) is 0. The number of hydrogen-bond donors (Lipinski definition) is 2. The summed E-state index contributed by atoms with van der Waals surface area (Å²) in [4.78, 5) is 21.1. The van der Waals surface area contributed by atoms with Crippen molar-refractivity contribution in [3.05, 3.63) is 76.1 Å². The summed E-state index contributed by atoms with van der Waals surface area (Å²) >= 11 is 6.09. The second kappa shape index (κ2) is 7.54. The van der Waals surface area contributed by atoms with Crippen LogP contribution in [0.15, 0.2) is 48.5 Å². The van der Waals surface area contributed by atoms with E-state index in [2.05, 4.69) is 20.6 Å². The summed E-state index contributed by atoms with van der Waals surface area (Å²) in [6, 6.07) is 14.5. The Kier molecular flexibility index (Phi) is 5.19. The minimum atomic E-state index is -0.190. The van der Waals surface area contributed by atoms with E-state index in [1.54, 1.807) is 18.2 Å². The van der Waals surface area contributed by atoms with Gasteiger partial charge in [-0.2, -0.15) is 0 Å². The average Bonchev–Trinajstić information content (AvgIpc) is 2.58. The Morgan fingerprint density at radius 1 is 0.962 bits per heavy atom. The van der Waals surface area contributed by atoms with Crippen LogP contribution in [0.5, 0.6) is 0 Å². The van der Waals surface area contributed by atoms with E-state index in [4.69, 9.17) is 11.6 Å². The molecule has 0 saturated carbocycles. The van der Waals surface area contributed by atoms with Crippen molar-refractivity contribution in [3.8, 4) is 0 Å². The summed E-state index contributed by atoms with van der Waals surface area (Å²) in [6.07, 6.45) is 0. The zero-order chi connectivity index (χ0) is 18.7. The molecule has 0 aliphatic heterocycles. The summed E-state index contributed by atoms with van der Waals surface area (Å²) in [6.45, 7) is 5.71. The van der Waals surface area contributed by atoms with Crippen molar-refractivity contribution in [1.29, 1.82) is 0 Å². The van der Waals surface area contributed by atoms with E-state index in [1.165, 1.54) is 0 Å². The third-order valence-corrected chi connectivity index (χ3v) is 4.31. The molecule has 3 aromatic rings. The van der Waals surface area contributed by atoms with Crippen LogP contribution < -0.4 is 10.6 Å². The molecule has 132 valence electrons. The first-order valence-electron chi connectivity index (χ1n) is 8.18. The highest BCUT2D eigenvalue weighted by atomic mass is 35.5. The van der Waals surface area contributed by atoms with Gasteiger partial charge in [0.1, 0.15) is 0 Å². The standard InChI is InChI=1S/C20H19ClN4O/c1-12-11-13(2)23-20(22-12)24-16-9-7-15(8-10-16)19(26)25-18-6-4-5-17(21)14(18)3/h4-11H,1-3H3,(H,25,26)(H,22,23,24). The summed E-state index contributed by atoms with van der Waals surface area (Å²) in [5.74, 6) is 0.346. The third kappa shape index (κ3) is 4.18. The molecular formula is C20H19ClN4O. The SMILES string of the molecule is Cc1cc(C)nc(Nc2ccc(C(=O)Nc3cccc(Cl)c3C)cc2)n1. The number of aromatic nitrogens is 2. The number of nitrogens with one attached hydrogen (secondary N) is 2. The van der Waals surface area contributed by atoms with Crippen molar-refractivity contribution in [2.45, 2.75) is 20.8 Å². The van der Waals surface area contributed by atoms with Gasteiger partial charge in [-0.1, -0.05) is 17.7 Å². The summed E-state index contributed by atoms with van der Waals surface area (Å²) in [5, 5.41) is 6.65. The first kappa shape index (κ1) is 17.9. The number of amides is 1. The maximum absolute atomic E-state index is 12.4. The van der Waals surface area contributed by atoms with Crippen molar-refractivity contribution < 1.29 is 4.79 Å². The van der Waals surface area contributed by atoms with E-state index in [0.29, 0.717) is 22.2 Å². The lowest BCUT2D eigenvalue weighted by Crippen LogP contribution is -2.12. The molecule has 1 heterocycles. The van der Waals surface area contributed by atoms with Crippen LogP contribution >= 0.6 is 11.6 Å². The predicted octanol–water partition coefficient (Wildman–Crippen LogP) is 5.05. The van der Waals surface area contributed by atoms with Crippen LogP contribution in [0.3, 0.4) is 0 Å². The van der Waals surface area contributed by atoms with Crippen LogP contribution in [0.2, 0.25) is 5.02 Å². The van der Waals surface area contributed by atoms with Gasteiger partial charge in [0, 0.05) is 33.3 Å². The lowest BCUT2D eigenvalue weighted by molar-refractivity contribution is 0.102. The second-order valence-electron chi connectivity index (χ2n) is 6.04. The van der Waals surface area contributed by atoms with Crippen LogP contribution in [-0.4, -0.2) is 15.9 Å². The Morgan fingerprint density at radius 2 is 1.62 bits per heavy atom. The normalized spacial score (nSPS) is 10.5. The molecule has 1 aromatic heterocycles. The van der Waals surface area contributed by atoms with E-state index < -0.39 is 0 Å². The summed E-state index contributed by atoms with van der Waals surface area (Å²) < 4.78 is 0. The zero-order valence-corrected chi connectivity index (χ0v) is 15.6. The van der Waals surface area contributed by atoms with Crippen LogP contribution in [0.25, 0.3) is 0 Å². The molecule has 0 atom stereocenters. The number of nitrogens with zero attached hydrogens (tertiary/aromatic N) is 2. The zero-order valence-electron chi connectivity index (χ0n) is 14.8. The minimum Gasteiger partial charge on any atom is -0.324 e. The maximum atomic E-state index is 12.4. The highest BCUT2D eigenvalue weighted by Gasteiger charge is 2.09. The Labute approximate surface area is 157 Å². The molecule has 0 aliphatic rings. The monoisotopic (exact) mass is 366 g/mol. The summed E-state index contributed by atoms with van der Waals surface area (Å²) in [5.41, 5.74) is 4.70. The Balaban J connectivity index is 1.72. The van der Waals surface area contributed by atoms with Gasteiger partial charge in [0.2, 0.25) is 5.95 Å². The Hall–Kier alpha value is -2.92. The topological polar surface area (TPSA) is 66.9 Å². The number of benzene rings is 2. The molecule has 26 heavy (non-hydrogen) atoms. The number of anilines is 3. The minimum absolute atomic E-state index is 0.190. The highest BCUT2D eigenvalue weighted by molar-refractivity contribution is 6.31. The molecule has 2 aromatic carbocycles. The largest absolute Gasteiger partial charge is 0.324 e. The molecule has 0 fully saturated rings. The van der Waals surface area contributed by atoms with E-state index in [-0.39, 0.29) is 5.91 Å². The number of hydrogen-bond acceptors (Lipinski definition) is 4. The van der Waals surface area contributed by atoms with E-state index >= 15 is 0 Å². The number of carbonyl (C=O) groups excluding carboxylic acids is 1. The van der Waals surface area contributed by atoms with Crippen molar-refractivity contribution in [2.24, 2.45) is 0 Å². The van der Waals surface area contributed by atoms with E-state index in [9.17, 15) is 4.79 Å². The number of rotatable bonds is 4. The van der Waals surface area contributed by atoms with Crippen LogP contribution in [0.4, 0.5) is 17.3 Å². The maximum Gasteiger partial charge on any atom is 0.255 e. The van der Waals surface area contributed by atoms with Gasteiger partial charge < -0.3 is 10.6 Å². The van der Waals surface area contributed by atoms with E-state index in [1.807, 2.05) is 51.1 Å². The molecule has 6 heteroatoms. The van der Waals surface area contributed by atoms with Crippen molar-refractivity contribution in [1.82, 2.24) is 9.97 Å². The molecule has 2 N–H and O–H groups in total. The molecule has 0 radical (unpaired) electrons. The van der Waals surface area contributed by atoms with Crippen molar-refractivity contribution in [3.63, 3.8) is 0 Å². The van der Waals surface area contributed by atoms with Gasteiger partial charge in [-0.05, 0) is 68.8 Å². The number of carbonyl (C=O) groups is 1. The fraction of sp³-hybridized carbons (Fsp3) is 0.150. The predicted molar refractivity (Wildman–Crippen MR) is 105 cm³/mol. The molecule has 0 saturated heterocycles. The first-order valence-corrected chi connectivity index (χ1v) is 8.56. The first-order chi connectivity index (χ1) is 12.4. The Bertz CT molecular complexity index is 934. The van der Waals surface area contributed by atoms with Gasteiger partial charge >= 0.3 is 0 Å². The van der Waals surface area contributed by atoms with Gasteiger partial charge in [0.25, 0.3) is 5.91 Å². The van der Waals surface area contributed by atoms with Gasteiger partial charge in [-0.25, -0.2) is 9.97 Å². The quantitative estimate of drug-likeness (QED) is 0.678. The average molecular weight is 367 g/mol. The molecule has 5 nitrogen and oxygen atoms in total. The Morgan fingerprint density at radius 3 is 2.27 bits per heavy atom. The highest BCUT2D eigenvalue weighted by Crippen LogP contribution is 2.23. The number of aryl methyl sites for hydroxylation is 2. The van der Waals surface area contributed by atoms with Gasteiger partial charge in [-0.15, -0.1) is 0 Å². The van der Waals surface area contributed by atoms with E-state index in [0.717, 1.165) is 22.6 Å². The molecular weight excluding hydrogens is 348 g/mol. The van der Waals surface area contributed by atoms with Crippen molar-refractivity contribution >= 4 is 34.8 Å². The fourth-order valence-electron chi connectivity index (χ4n) is 2.55. The van der Waals surface area contributed by atoms with Gasteiger partial charge in [-0.3, -0.25) is 4.79 Å². The van der Waals surface area contributed by atoms with Gasteiger partial charge in [0.05, 0.1) is 0 Å². The fourth-order valence-corrected chi connectivity index (χ4v) is 2.73. The van der Waals surface area contributed by atoms with Crippen molar-refractivity contribution in [2.75, 3.05) is 10.6 Å². The molecule has 1 amide bonds. The molecule has 0 spiro atoms. The second-order valence-corrected chi connectivity index (χ2v) is 6.45. The molecule has 0 aliphatic carbocycles. The van der Waals surface area contributed by atoms with Gasteiger partial charge in [0.15, 0.2) is 0 Å². The lowest BCUT2D eigenvalue weighted by Gasteiger charge is -2.10. The van der Waals surface area contributed by atoms with Crippen LogP contribution in [0, 0.1) is 20.8 Å². The molecule has 0 bridgehead atoms. The van der Waals surface area contributed by atoms with Crippen LogP contribution in [-0.2, 0) is 0 Å². The third-order valence-electron chi connectivity index (χ3n) is 3.90. The molecule has 0 unspecified atom stereocenters.